The summed E-state index contributed by atoms with van der Waals surface area (Å²) in [5.74, 6) is 1.18. The van der Waals surface area contributed by atoms with Crippen molar-refractivity contribution >= 4 is 17.2 Å². The SMILES string of the molecule is C/C=C(\C=C/CC)C(C)/C=C\N=C(/C)Nc1cc(N)ccc1C. The third-order valence-electron chi connectivity index (χ3n) is 3.63. The van der Waals surface area contributed by atoms with Gasteiger partial charge in [-0.2, -0.15) is 0 Å². The summed E-state index contributed by atoms with van der Waals surface area (Å²) in [6.07, 6.45) is 11.5. The molecule has 0 aliphatic heterocycles. The van der Waals surface area contributed by atoms with Gasteiger partial charge in [0, 0.05) is 23.5 Å². The Hall–Kier alpha value is -2.29. The molecule has 3 heteroatoms. The van der Waals surface area contributed by atoms with Crippen molar-refractivity contribution in [1.29, 1.82) is 0 Å². The summed E-state index contributed by atoms with van der Waals surface area (Å²) < 4.78 is 0. The molecule has 1 aromatic rings. The van der Waals surface area contributed by atoms with Crippen LogP contribution in [0.25, 0.3) is 0 Å². The Labute approximate surface area is 140 Å². The van der Waals surface area contributed by atoms with Crippen LogP contribution in [-0.2, 0) is 0 Å². The number of allylic oxidation sites excluding steroid dienone is 5. The molecule has 1 aromatic carbocycles. The van der Waals surface area contributed by atoms with E-state index >= 15 is 0 Å². The first-order valence-electron chi connectivity index (χ1n) is 8.14. The van der Waals surface area contributed by atoms with E-state index in [-0.39, 0.29) is 0 Å². The van der Waals surface area contributed by atoms with Crippen LogP contribution >= 0.6 is 0 Å². The summed E-state index contributed by atoms with van der Waals surface area (Å²) in [6, 6.07) is 5.83. The average Bonchev–Trinajstić information content (AvgIpc) is 2.51. The van der Waals surface area contributed by atoms with E-state index in [2.05, 4.69) is 55.4 Å². The number of rotatable bonds is 6. The van der Waals surface area contributed by atoms with Gasteiger partial charge in [0.1, 0.15) is 5.84 Å². The fraction of sp³-hybridized carbons (Fsp3) is 0.350. The standard InChI is InChI=1S/C20H29N3/c1-6-8-9-18(7-2)15(3)12-13-22-17(5)23-20-14-19(21)11-10-16(20)4/h7-15H,6,21H2,1-5H3,(H,22,23)/b9-8-,13-12-,18-7+. The highest BCUT2D eigenvalue weighted by Crippen LogP contribution is 2.18. The number of hydrogen-bond acceptors (Lipinski definition) is 2. The van der Waals surface area contributed by atoms with E-state index in [1.807, 2.05) is 38.2 Å². The van der Waals surface area contributed by atoms with Crippen LogP contribution in [0.15, 0.2) is 59.3 Å². The van der Waals surface area contributed by atoms with Gasteiger partial charge in [0.05, 0.1) is 0 Å². The molecule has 0 heterocycles. The average molecular weight is 311 g/mol. The van der Waals surface area contributed by atoms with E-state index < -0.39 is 0 Å². The lowest BCUT2D eigenvalue weighted by atomic mass is 10.0. The van der Waals surface area contributed by atoms with Gasteiger partial charge in [-0.15, -0.1) is 0 Å². The minimum atomic E-state index is 0.341. The molecule has 0 aliphatic carbocycles. The molecule has 124 valence electrons. The van der Waals surface area contributed by atoms with Crippen LogP contribution in [0, 0.1) is 12.8 Å². The molecule has 23 heavy (non-hydrogen) atoms. The fourth-order valence-corrected chi connectivity index (χ4v) is 2.16. The first-order chi connectivity index (χ1) is 11.0. The molecule has 0 aliphatic rings. The molecule has 3 nitrogen and oxygen atoms in total. The van der Waals surface area contributed by atoms with Gasteiger partial charge >= 0.3 is 0 Å². The molecule has 0 amide bonds. The molecule has 0 radical (unpaired) electrons. The second-order valence-electron chi connectivity index (χ2n) is 5.64. The lowest BCUT2D eigenvalue weighted by Crippen LogP contribution is -2.08. The predicted molar refractivity (Wildman–Crippen MR) is 104 cm³/mol. The highest BCUT2D eigenvalue weighted by molar-refractivity contribution is 5.94. The minimum Gasteiger partial charge on any atom is -0.399 e. The van der Waals surface area contributed by atoms with E-state index in [1.165, 1.54) is 5.57 Å². The molecule has 3 N–H and O–H groups in total. The highest BCUT2D eigenvalue weighted by Gasteiger charge is 2.01. The van der Waals surface area contributed by atoms with Gasteiger partial charge in [0.25, 0.3) is 0 Å². The van der Waals surface area contributed by atoms with Crippen molar-refractivity contribution in [2.24, 2.45) is 10.9 Å². The van der Waals surface area contributed by atoms with Gasteiger partial charge < -0.3 is 11.1 Å². The minimum absolute atomic E-state index is 0.341. The number of aliphatic imine (C=N–C) groups is 1. The predicted octanol–water partition coefficient (Wildman–Crippen LogP) is 5.47. The molecule has 0 bridgehead atoms. The van der Waals surface area contributed by atoms with Gasteiger partial charge in [-0.1, -0.05) is 44.2 Å². The number of nitrogen functional groups attached to an aromatic ring is 1. The van der Waals surface area contributed by atoms with Gasteiger partial charge in [-0.3, -0.25) is 0 Å². The Balaban J connectivity index is 2.72. The van der Waals surface area contributed by atoms with E-state index in [9.17, 15) is 0 Å². The van der Waals surface area contributed by atoms with Crippen molar-refractivity contribution in [1.82, 2.24) is 0 Å². The highest BCUT2D eigenvalue weighted by atomic mass is 15.0. The lowest BCUT2D eigenvalue weighted by Gasteiger charge is -2.09. The van der Waals surface area contributed by atoms with Crippen LogP contribution in [0.5, 0.6) is 0 Å². The van der Waals surface area contributed by atoms with Crippen LogP contribution in [0.2, 0.25) is 0 Å². The Morgan fingerprint density at radius 2 is 2.13 bits per heavy atom. The maximum Gasteiger partial charge on any atom is 0.103 e. The van der Waals surface area contributed by atoms with E-state index in [1.54, 1.807) is 0 Å². The molecule has 0 spiro atoms. The van der Waals surface area contributed by atoms with Crippen molar-refractivity contribution in [3.8, 4) is 0 Å². The monoisotopic (exact) mass is 311 g/mol. The third-order valence-corrected chi connectivity index (χ3v) is 3.63. The zero-order chi connectivity index (χ0) is 17.2. The van der Waals surface area contributed by atoms with E-state index in [4.69, 9.17) is 5.73 Å². The summed E-state index contributed by atoms with van der Waals surface area (Å²) in [6.45, 7) is 10.4. The number of nitrogens with one attached hydrogen (secondary N) is 1. The molecule has 0 saturated carbocycles. The zero-order valence-electron chi connectivity index (χ0n) is 14.9. The third kappa shape index (κ3) is 6.55. The molecule has 1 atom stereocenters. The number of amidine groups is 1. The van der Waals surface area contributed by atoms with Crippen molar-refractivity contribution in [3.63, 3.8) is 0 Å². The zero-order valence-corrected chi connectivity index (χ0v) is 14.9. The molecular formula is C20H29N3. The summed E-state index contributed by atoms with van der Waals surface area (Å²) in [4.78, 5) is 4.46. The fourth-order valence-electron chi connectivity index (χ4n) is 2.16. The number of benzene rings is 1. The van der Waals surface area contributed by atoms with Crippen molar-refractivity contribution in [3.05, 3.63) is 59.8 Å². The lowest BCUT2D eigenvalue weighted by molar-refractivity contribution is 0.883. The van der Waals surface area contributed by atoms with Crippen LogP contribution in [0.4, 0.5) is 11.4 Å². The Morgan fingerprint density at radius 1 is 1.39 bits per heavy atom. The summed E-state index contributed by atoms with van der Waals surface area (Å²) >= 11 is 0. The van der Waals surface area contributed by atoms with Crippen LogP contribution in [-0.4, -0.2) is 5.84 Å². The van der Waals surface area contributed by atoms with Gasteiger partial charge in [0.15, 0.2) is 0 Å². The molecule has 0 aromatic heterocycles. The number of nitrogens with zero attached hydrogens (tertiary/aromatic N) is 1. The maximum absolute atomic E-state index is 5.83. The molecule has 0 saturated heterocycles. The second-order valence-corrected chi connectivity index (χ2v) is 5.64. The number of nitrogens with two attached hydrogens (primary N) is 1. The van der Waals surface area contributed by atoms with Gasteiger partial charge in [0.2, 0.25) is 0 Å². The first-order valence-corrected chi connectivity index (χ1v) is 8.14. The molecule has 1 unspecified atom stereocenters. The topological polar surface area (TPSA) is 50.4 Å². The largest absolute Gasteiger partial charge is 0.399 e. The first kappa shape index (κ1) is 18.8. The summed E-state index contributed by atoms with van der Waals surface area (Å²) in [5.41, 5.74) is 10.0. The number of aryl methyl sites for hydroxylation is 1. The smallest absolute Gasteiger partial charge is 0.103 e. The normalized spacial score (nSPS) is 14.7. The quantitative estimate of drug-likeness (QED) is 0.317. The number of anilines is 2. The summed E-state index contributed by atoms with van der Waals surface area (Å²) in [5, 5.41) is 3.29. The van der Waals surface area contributed by atoms with Crippen molar-refractivity contribution < 1.29 is 0 Å². The summed E-state index contributed by atoms with van der Waals surface area (Å²) in [7, 11) is 0. The number of hydrogen-bond donors (Lipinski definition) is 2. The maximum atomic E-state index is 5.83. The molecular weight excluding hydrogens is 282 g/mol. The Morgan fingerprint density at radius 3 is 2.78 bits per heavy atom. The van der Waals surface area contributed by atoms with Gasteiger partial charge in [-0.05, 0) is 50.5 Å². The Bertz CT molecular complexity index is 622. The van der Waals surface area contributed by atoms with Crippen molar-refractivity contribution in [2.45, 2.75) is 41.0 Å². The van der Waals surface area contributed by atoms with Crippen LogP contribution < -0.4 is 11.1 Å². The van der Waals surface area contributed by atoms with Crippen molar-refractivity contribution in [2.75, 3.05) is 11.1 Å². The molecule has 0 fully saturated rings. The van der Waals surface area contributed by atoms with Gasteiger partial charge in [-0.25, -0.2) is 4.99 Å². The van der Waals surface area contributed by atoms with Crippen LogP contribution in [0.1, 0.15) is 39.7 Å². The van der Waals surface area contributed by atoms with Crippen LogP contribution in [0.3, 0.4) is 0 Å². The van der Waals surface area contributed by atoms with E-state index in [0.717, 1.165) is 29.2 Å². The Kier molecular flexibility index (Phi) is 7.89. The second kappa shape index (κ2) is 9.67. The van der Waals surface area contributed by atoms with E-state index in [0.29, 0.717) is 5.92 Å². The molecule has 1 rings (SSSR count).